The first kappa shape index (κ1) is 15.6. The predicted molar refractivity (Wildman–Crippen MR) is 90.6 cm³/mol. The molecule has 1 N–H and O–H groups in total. The molecule has 2 fully saturated rings. The lowest BCUT2D eigenvalue weighted by Gasteiger charge is -2.44. The van der Waals surface area contributed by atoms with Crippen LogP contribution in [0.15, 0.2) is 11.6 Å². The number of piperazine rings is 1. The van der Waals surface area contributed by atoms with Crippen molar-refractivity contribution in [1.82, 2.24) is 10.2 Å². The van der Waals surface area contributed by atoms with Crippen molar-refractivity contribution < 1.29 is 0 Å². The second kappa shape index (κ2) is 7.78. The SMILES string of the molecule is CCC1CNC(C2CCCCC2)CN1CCC1=CCCC1. The van der Waals surface area contributed by atoms with Gasteiger partial charge in [0.25, 0.3) is 0 Å². The van der Waals surface area contributed by atoms with E-state index < -0.39 is 0 Å². The van der Waals surface area contributed by atoms with E-state index in [4.69, 9.17) is 0 Å². The third-order valence-electron chi connectivity index (χ3n) is 6.11. The Morgan fingerprint density at radius 1 is 1.19 bits per heavy atom. The Morgan fingerprint density at radius 2 is 2.05 bits per heavy atom. The molecule has 0 aromatic carbocycles. The number of hydrogen-bond acceptors (Lipinski definition) is 2. The first-order valence-corrected chi connectivity index (χ1v) is 9.52. The summed E-state index contributed by atoms with van der Waals surface area (Å²) in [4.78, 5) is 2.81. The predicted octanol–water partition coefficient (Wildman–Crippen LogP) is 4.12. The van der Waals surface area contributed by atoms with E-state index in [1.807, 2.05) is 0 Å². The lowest BCUT2D eigenvalue weighted by Crippen LogP contribution is -2.58. The summed E-state index contributed by atoms with van der Waals surface area (Å²) in [6.45, 7) is 6.18. The van der Waals surface area contributed by atoms with Crippen molar-refractivity contribution in [2.24, 2.45) is 5.92 Å². The second-order valence-electron chi connectivity index (χ2n) is 7.47. The van der Waals surface area contributed by atoms with Gasteiger partial charge >= 0.3 is 0 Å². The molecule has 1 saturated heterocycles. The highest BCUT2D eigenvalue weighted by Gasteiger charge is 2.31. The molecule has 120 valence electrons. The van der Waals surface area contributed by atoms with Crippen LogP contribution in [0, 0.1) is 5.92 Å². The molecule has 21 heavy (non-hydrogen) atoms. The summed E-state index contributed by atoms with van der Waals surface area (Å²) in [5.41, 5.74) is 1.73. The van der Waals surface area contributed by atoms with Gasteiger partial charge in [0.15, 0.2) is 0 Å². The van der Waals surface area contributed by atoms with E-state index in [0.29, 0.717) is 0 Å². The lowest BCUT2D eigenvalue weighted by molar-refractivity contribution is 0.0945. The highest BCUT2D eigenvalue weighted by molar-refractivity contribution is 5.08. The summed E-state index contributed by atoms with van der Waals surface area (Å²) in [5, 5.41) is 3.89. The van der Waals surface area contributed by atoms with Gasteiger partial charge in [0.2, 0.25) is 0 Å². The largest absolute Gasteiger partial charge is 0.311 e. The normalized spacial score (nSPS) is 32.3. The van der Waals surface area contributed by atoms with Crippen LogP contribution in [0.4, 0.5) is 0 Å². The van der Waals surface area contributed by atoms with E-state index >= 15 is 0 Å². The van der Waals surface area contributed by atoms with E-state index in [2.05, 4.69) is 23.2 Å². The fourth-order valence-corrected chi connectivity index (χ4v) is 4.66. The minimum absolute atomic E-state index is 0.769. The van der Waals surface area contributed by atoms with Gasteiger partial charge in [-0.05, 0) is 50.9 Å². The fraction of sp³-hybridized carbons (Fsp3) is 0.895. The molecule has 3 rings (SSSR count). The molecule has 2 unspecified atom stereocenters. The van der Waals surface area contributed by atoms with Crippen molar-refractivity contribution in [3.63, 3.8) is 0 Å². The smallest absolute Gasteiger partial charge is 0.0224 e. The Bertz CT molecular complexity index is 343. The van der Waals surface area contributed by atoms with Crippen molar-refractivity contribution in [3.8, 4) is 0 Å². The molecule has 1 heterocycles. The minimum Gasteiger partial charge on any atom is -0.311 e. The van der Waals surface area contributed by atoms with Gasteiger partial charge < -0.3 is 5.32 Å². The van der Waals surface area contributed by atoms with Crippen molar-refractivity contribution in [2.75, 3.05) is 19.6 Å². The molecule has 1 aliphatic heterocycles. The summed E-state index contributed by atoms with van der Waals surface area (Å²) in [5.74, 6) is 0.949. The summed E-state index contributed by atoms with van der Waals surface area (Å²) in [6, 6.07) is 1.54. The Labute approximate surface area is 131 Å². The van der Waals surface area contributed by atoms with Gasteiger partial charge in [-0.1, -0.05) is 37.8 Å². The van der Waals surface area contributed by atoms with E-state index in [1.165, 1.54) is 83.8 Å². The monoisotopic (exact) mass is 290 g/mol. The van der Waals surface area contributed by atoms with Crippen LogP contribution in [0.1, 0.15) is 71.1 Å². The van der Waals surface area contributed by atoms with Gasteiger partial charge in [0, 0.05) is 31.7 Å². The van der Waals surface area contributed by atoms with Crippen LogP contribution in [0.2, 0.25) is 0 Å². The maximum Gasteiger partial charge on any atom is 0.0224 e. The first-order chi connectivity index (χ1) is 10.4. The van der Waals surface area contributed by atoms with E-state index in [0.717, 1.165) is 18.0 Å². The summed E-state index contributed by atoms with van der Waals surface area (Å²) in [6.07, 6.45) is 16.6. The van der Waals surface area contributed by atoms with Gasteiger partial charge in [-0.3, -0.25) is 4.90 Å². The zero-order valence-corrected chi connectivity index (χ0v) is 13.9. The Kier molecular flexibility index (Phi) is 5.76. The van der Waals surface area contributed by atoms with E-state index in [9.17, 15) is 0 Å². The van der Waals surface area contributed by atoms with Gasteiger partial charge in [0.05, 0.1) is 0 Å². The van der Waals surface area contributed by atoms with Crippen LogP contribution in [0.5, 0.6) is 0 Å². The third kappa shape index (κ3) is 4.10. The zero-order valence-electron chi connectivity index (χ0n) is 13.9. The molecule has 2 atom stereocenters. The van der Waals surface area contributed by atoms with E-state index in [-0.39, 0.29) is 0 Å². The number of rotatable bonds is 5. The quantitative estimate of drug-likeness (QED) is 0.766. The molecule has 2 heteroatoms. The van der Waals surface area contributed by atoms with Crippen molar-refractivity contribution >= 4 is 0 Å². The van der Waals surface area contributed by atoms with E-state index in [1.54, 1.807) is 5.57 Å². The third-order valence-corrected chi connectivity index (χ3v) is 6.11. The molecule has 0 radical (unpaired) electrons. The molecule has 0 bridgehead atoms. The highest BCUT2D eigenvalue weighted by Crippen LogP contribution is 2.29. The van der Waals surface area contributed by atoms with Gasteiger partial charge in [-0.15, -0.1) is 0 Å². The number of nitrogens with zero attached hydrogens (tertiary/aromatic N) is 1. The molecular weight excluding hydrogens is 256 g/mol. The number of hydrogen-bond donors (Lipinski definition) is 1. The van der Waals surface area contributed by atoms with Crippen LogP contribution >= 0.6 is 0 Å². The topological polar surface area (TPSA) is 15.3 Å². The minimum atomic E-state index is 0.769. The molecule has 1 saturated carbocycles. The molecule has 2 nitrogen and oxygen atoms in total. The molecule has 0 spiro atoms. The molecular formula is C19H34N2. The second-order valence-corrected chi connectivity index (χ2v) is 7.47. The van der Waals surface area contributed by atoms with Crippen molar-refractivity contribution in [1.29, 1.82) is 0 Å². The van der Waals surface area contributed by atoms with Crippen molar-refractivity contribution in [2.45, 2.75) is 83.2 Å². The van der Waals surface area contributed by atoms with Crippen LogP contribution in [0.3, 0.4) is 0 Å². The number of nitrogens with one attached hydrogen (secondary N) is 1. The maximum absolute atomic E-state index is 3.89. The average Bonchev–Trinajstić information content (AvgIpc) is 3.07. The summed E-state index contributed by atoms with van der Waals surface area (Å²) in [7, 11) is 0. The standard InChI is InChI=1S/C19H34N2/c1-2-18-14-20-19(17-10-4-3-5-11-17)15-21(18)13-12-16-8-6-7-9-16/h8,17-20H,2-7,9-15H2,1H3. The highest BCUT2D eigenvalue weighted by atomic mass is 15.2. The fourth-order valence-electron chi connectivity index (χ4n) is 4.66. The lowest BCUT2D eigenvalue weighted by atomic mass is 9.82. The Morgan fingerprint density at radius 3 is 2.76 bits per heavy atom. The van der Waals surface area contributed by atoms with Crippen LogP contribution in [-0.2, 0) is 0 Å². The zero-order chi connectivity index (χ0) is 14.5. The van der Waals surface area contributed by atoms with Crippen LogP contribution < -0.4 is 5.32 Å². The average molecular weight is 290 g/mol. The van der Waals surface area contributed by atoms with Gasteiger partial charge in [0.1, 0.15) is 0 Å². The van der Waals surface area contributed by atoms with Crippen LogP contribution in [-0.4, -0.2) is 36.6 Å². The summed E-state index contributed by atoms with van der Waals surface area (Å²) < 4.78 is 0. The number of allylic oxidation sites excluding steroid dienone is 1. The molecule has 0 amide bonds. The maximum atomic E-state index is 3.89. The molecule has 0 aromatic rings. The molecule has 0 aromatic heterocycles. The molecule has 3 aliphatic rings. The molecule has 2 aliphatic carbocycles. The summed E-state index contributed by atoms with van der Waals surface area (Å²) >= 11 is 0. The Balaban J connectivity index is 1.53. The van der Waals surface area contributed by atoms with Crippen LogP contribution in [0.25, 0.3) is 0 Å². The van der Waals surface area contributed by atoms with Gasteiger partial charge in [-0.2, -0.15) is 0 Å². The Hall–Kier alpha value is -0.340. The van der Waals surface area contributed by atoms with Gasteiger partial charge in [-0.25, -0.2) is 0 Å². The first-order valence-electron chi connectivity index (χ1n) is 9.52. The van der Waals surface area contributed by atoms with Crippen molar-refractivity contribution in [3.05, 3.63) is 11.6 Å².